The Balaban J connectivity index is 1.64. The second-order valence-electron chi connectivity index (χ2n) is 6.16. The molecule has 2 heterocycles. The zero-order valence-corrected chi connectivity index (χ0v) is 13.2. The van der Waals surface area contributed by atoms with Gasteiger partial charge >= 0.3 is 0 Å². The number of aliphatic hydroxyl groups excluding tert-OH is 1. The fourth-order valence-electron chi connectivity index (χ4n) is 3.06. The third-order valence-corrected chi connectivity index (χ3v) is 5.76. The van der Waals surface area contributed by atoms with Gasteiger partial charge < -0.3 is 5.11 Å². The number of nitrogens with zero attached hydrogens (tertiary/aromatic N) is 4. The van der Waals surface area contributed by atoms with Gasteiger partial charge in [0.25, 0.3) is 0 Å². The van der Waals surface area contributed by atoms with Gasteiger partial charge in [0.15, 0.2) is 11.0 Å². The van der Waals surface area contributed by atoms with Crippen LogP contribution in [0.2, 0.25) is 0 Å². The summed E-state index contributed by atoms with van der Waals surface area (Å²) in [5.74, 6) is 0.906. The quantitative estimate of drug-likeness (QED) is 0.939. The van der Waals surface area contributed by atoms with Gasteiger partial charge in [-0.05, 0) is 37.8 Å². The molecule has 2 unspecified atom stereocenters. The van der Waals surface area contributed by atoms with Gasteiger partial charge in [0, 0.05) is 29.2 Å². The lowest BCUT2D eigenvalue weighted by atomic mass is 9.97. The van der Waals surface area contributed by atoms with Crippen molar-refractivity contribution in [3.05, 3.63) is 24.5 Å². The molecule has 2 aliphatic carbocycles. The molecule has 0 saturated heterocycles. The second-order valence-corrected chi connectivity index (χ2v) is 7.36. The van der Waals surface area contributed by atoms with Crippen molar-refractivity contribution in [2.45, 2.75) is 61.1 Å². The Hall–Kier alpha value is -1.40. The van der Waals surface area contributed by atoms with Gasteiger partial charge in [0.05, 0.1) is 6.10 Å². The molecule has 0 bridgehead atoms. The molecule has 0 aliphatic heterocycles. The molecule has 116 valence electrons. The lowest BCUT2D eigenvalue weighted by molar-refractivity contribution is 0.136. The van der Waals surface area contributed by atoms with Gasteiger partial charge in [-0.3, -0.25) is 9.55 Å². The molecular weight excluding hydrogens is 296 g/mol. The number of aliphatic hydroxyl groups is 1. The fourth-order valence-corrected chi connectivity index (χ4v) is 4.35. The molecule has 0 aromatic carbocycles. The SMILES string of the molecule is OC1CCCCC1Sc1nnc(-c2cccnc2)n1C1CC1. The van der Waals surface area contributed by atoms with Gasteiger partial charge in [-0.1, -0.05) is 24.6 Å². The van der Waals surface area contributed by atoms with E-state index in [1.54, 1.807) is 18.0 Å². The van der Waals surface area contributed by atoms with Crippen LogP contribution in [-0.4, -0.2) is 36.2 Å². The smallest absolute Gasteiger partial charge is 0.192 e. The van der Waals surface area contributed by atoms with E-state index in [0.717, 1.165) is 35.8 Å². The minimum absolute atomic E-state index is 0.218. The minimum Gasteiger partial charge on any atom is -0.392 e. The average molecular weight is 316 g/mol. The molecule has 2 fully saturated rings. The van der Waals surface area contributed by atoms with E-state index in [1.165, 1.54) is 19.3 Å². The standard InChI is InChI=1S/C16H20N4OS/c21-13-5-1-2-6-14(13)22-16-19-18-15(20(16)12-7-8-12)11-4-3-9-17-10-11/h3-4,9-10,12-14,21H,1-2,5-8H2. The van der Waals surface area contributed by atoms with Crippen LogP contribution >= 0.6 is 11.8 Å². The van der Waals surface area contributed by atoms with Crippen molar-refractivity contribution < 1.29 is 5.11 Å². The van der Waals surface area contributed by atoms with Crippen LogP contribution in [0.4, 0.5) is 0 Å². The molecule has 2 aromatic rings. The molecule has 22 heavy (non-hydrogen) atoms. The third-order valence-electron chi connectivity index (χ3n) is 4.42. The lowest BCUT2D eigenvalue weighted by Gasteiger charge is -2.26. The average Bonchev–Trinajstić information content (AvgIpc) is 3.31. The molecule has 6 heteroatoms. The van der Waals surface area contributed by atoms with Crippen LogP contribution in [0.15, 0.2) is 29.7 Å². The van der Waals surface area contributed by atoms with E-state index in [9.17, 15) is 5.11 Å². The molecule has 2 aliphatic rings. The topological polar surface area (TPSA) is 63.8 Å². The number of aromatic nitrogens is 4. The monoisotopic (exact) mass is 316 g/mol. The summed E-state index contributed by atoms with van der Waals surface area (Å²) in [6, 6.07) is 4.46. The van der Waals surface area contributed by atoms with Crippen LogP contribution < -0.4 is 0 Å². The van der Waals surface area contributed by atoms with Crippen molar-refractivity contribution in [1.82, 2.24) is 19.7 Å². The van der Waals surface area contributed by atoms with Gasteiger partial charge in [0.2, 0.25) is 0 Å². The maximum Gasteiger partial charge on any atom is 0.192 e. The summed E-state index contributed by atoms with van der Waals surface area (Å²) in [6.45, 7) is 0. The van der Waals surface area contributed by atoms with Gasteiger partial charge in [0.1, 0.15) is 0 Å². The Bertz CT molecular complexity index is 641. The lowest BCUT2D eigenvalue weighted by Crippen LogP contribution is -2.27. The summed E-state index contributed by atoms with van der Waals surface area (Å²) >= 11 is 1.70. The molecule has 0 spiro atoms. The van der Waals surface area contributed by atoms with E-state index in [2.05, 4.69) is 19.7 Å². The second kappa shape index (κ2) is 6.01. The van der Waals surface area contributed by atoms with Crippen molar-refractivity contribution in [2.24, 2.45) is 0 Å². The number of hydrogen-bond donors (Lipinski definition) is 1. The van der Waals surface area contributed by atoms with Crippen molar-refractivity contribution >= 4 is 11.8 Å². The summed E-state index contributed by atoms with van der Waals surface area (Å²) in [4.78, 5) is 4.19. The highest BCUT2D eigenvalue weighted by atomic mass is 32.2. The van der Waals surface area contributed by atoms with Crippen LogP contribution in [0.25, 0.3) is 11.4 Å². The van der Waals surface area contributed by atoms with Crippen LogP contribution in [0.3, 0.4) is 0 Å². The Labute approximate surface area is 134 Å². The Kier molecular flexibility index (Phi) is 3.88. The van der Waals surface area contributed by atoms with Crippen LogP contribution in [0, 0.1) is 0 Å². The zero-order chi connectivity index (χ0) is 14.9. The molecule has 5 nitrogen and oxygen atoms in total. The Morgan fingerprint density at radius 3 is 2.73 bits per heavy atom. The van der Waals surface area contributed by atoms with E-state index < -0.39 is 0 Å². The van der Waals surface area contributed by atoms with Crippen molar-refractivity contribution in [1.29, 1.82) is 0 Å². The molecule has 2 saturated carbocycles. The van der Waals surface area contributed by atoms with Crippen LogP contribution in [-0.2, 0) is 0 Å². The normalized spacial score (nSPS) is 25.3. The first-order valence-corrected chi connectivity index (χ1v) is 8.91. The molecule has 1 N–H and O–H groups in total. The highest BCUT2D eigenvalue weighted by Gasteiger charge is 2.33. The number of pyridine rings is 1. The van der Waals surface area contributed by atoms with Crippen molar-refractivity contribution in [2.75, 3.05) is 0 Å². The van der Waals surface area contributed by atoms with Gasteiger partial charge in [-0.15, -0.1) is 10.2 Å². The summed E-state index contributed by atoms with van der Waals surface area (Å²) in [5, 5.41) is 20.2. The molecule has 4 rings (SSSR count). The van der Waals surface area contributed by atoms with E-state index in [1.807, 2.05) is 18.3 Å². The van der Waals surface area contributed by atoms with E-state index in [0.29, 0.717) is 6.04 Å². The summed E-state index contributed by atoms with van der Waals surface area (Å²) in [7, 11) is 0. The predicted octanol–water partition coefficient (Wildman–Crippen LogP) is 3.07. The van der Waals surface area contributed by atoms with E-state index >= 15 is 0 Å². The first kappa shape index (κ1) is 14.2. The van der Waals surface area contributed by atoms with Gasteiger partial charge in [-0.25, -0.2) is 0 Å². The number of hydrogen-bond acceptors (Lipinski definition) is 5. The Morgan fingerprint density at radius 1 is 1.14 bits per heavy atom. The molecular formula is C16H20N4OS. The van der Waals surface area contributed by atoms with Gasteiger partial charge in [-0.2, -0.15) is 0 Å². The van der Waals surface area contributed by atoms with Crippen LogP contribution in [0.1, 0.15) is 44.6 Å². The van der Waals surface area contributed by atoms with Crippen LogP contribution in [0.5, 0.6) is 0 Å². The minimum atomic E-state index is -0.218. The van der Waals surface area contributed by atoms with Crippen molar-refractivity contribution in [3.63, 3.8) is 0 Å². The molecule has 0 radical (unpaired) electrons. The number of rotatable bonds is 4. The number of thioether (sulfide) groups is 1. The maximum atomic E-state index is 10.2. The highest BCUT2D eigenvalue weighted by Crippen LogP contribution is 2.43. The van der Waals surface area contributed by atoms with E-state index in [-0.39, 0.29) is 11.4 Å². The first-order chi connectivity index (χ1) is 10.8. The fraction of sp³-hybridized carbons (Fsp3) is 0.562. The maximum absolute atomic E-state index is 10.2. The summed E-state index contributed by atoms with van der Waals surface area (Å²) in [5.41, 5.74) is 1.01. The third kappa shape index (κ3) is 2.77. The molecule has 2 atom stereocenters. The van der Waals surface area contributed by atoms with E-state index in [4.69, 9.17) is 0 Å². The highest BCUT2D eigenvalue weighted by molar-refractivity contribution is 7.99. The summed E-state index contributed by atoms with van der Waals surface area (Å²) < 4.78 is 2.25. The van der Waals surface area contributed by atoms with Crippen molar-refractivity contribution in [3.8, 4) is 11.4 Å². The summed E-state index contributed by atoms with van der Waals surface area (Å²) in [6.07, 6.45) is 10.1. The molecule has 0 amide bonds. The Morgan fingerprint density at radius 2 is 2.00 bits per heavy atom. The first-order valence-electron chi connectivity index (χ1n) is 8.03. The molecule has 2 aromatic heterocycles. The predicted molar refractivity (Wildman–Crippen MR) is 85.6 cm³/mol. The largest absolute Gasteiger partial charge is 0.392 e. The zero-order valence-electron chi connectivity index (χ0n) is 12.4.